The number of alkyl halides is 12. The number of halogens is 12. The fourth-order valence-corrected chi connectivity index (χ4v) is 7.96. The average molecular weight is 1280 g/mol. The van der Waals surface area contributed by atoms with Gasteiger partial charge >= 0.3 is 47.2 Å². The summed E-state index contributed by atoms with van der Waals surface area (Å²) in [7, 11) is 0. The summed E-state index contributed by atoms with van der Waals surface area (Å²) < 4.78 is 202. The molecule has 2 unspecified atom stereocenters. The van der Waals surface area contributed by atoms with Gasteiger partial charge in [0.2, 0.25) is 23.6 Å². The number of aliphatic hydroxyl groups is 6. The number of anilines is 1. The molecule has 7 rings (SSSR count). The van der Waals surface area contributed by atoms with E-state index in [0.717, 1.165) is 27.0 Å². The van der Waals surface area contributed by atoms with Crippen LogP contribution in [0, 0.1) is 11.8 Å². The van der Waals surface area contributed by atoms with Crippen LogP contribution in [0.4, 0.5) is 58.5 Å². The Bertz CT molecular complexity index is 2400. The first-order chi connectivity index (χ1) is 38.7. The maximum atomic E-state index is 14.2. The zero-order valence-corrected chi connectivity index (χ0v) is 48.6. The molecular formula is C50H73F12N3O21. The van der Waals surface area contributed by atoms with Crippen molar-refractivity contribution in [3.8, 4) is 0 Å². The lowest BCUT2D eigenvalue weighted by Gasteiger charge is -2.25. The Morgan fingerprint density at radius 2 is 1.00 bits per heavy atom. The molecule has 8 N–H and O–H groups in total. The molecule has 36 heteroatoms. The number of aliphatic hydroxyl groups excluding tert-OH is 6. The van der Waals surface area contributed by atoms with Crippen LogP contribution in [-0.4, -0.2) is 216 Å². The quantitative estimate of drug-likeness (QED) is 0.110. The molecule has 0 spiro atoms. The number of hydrogen-bond donors (Lipinski definition) is 7. The van der Waals surface area contributed by atoms with Gasteiger partial charge in [0, 0.05) is 27.0 Å². The maximum Gasteiger partial charge on any atom is 0.380 e. The highest BCUT2D eigenvalue weighted by atomic mass is 19.3. The van der Waals surface area contributed by atoms with Crippen LogP contribution < -0.4 is 11.4 Å². The summed E-state index contributed by atoms with van der Waals surface area (Å²) in [5, 5.41) is 54.1. The standard InChI is InChI=1S/C11H15F2N3O3.3C9H14F2O4.C7H10F2O2.C5H6F2O4/c1-6-10(2,5-17)19-8(11(6,12)13)16-4-3-7(14)15-9(16)18;3*1-5(12)9(10,11)7(13)6-4-14-8(2,3)15-6;1-3-5-4(2)7(8,9)6(10)11-5;6-5(7)3(9)2(1-8)11-4(5)10/h3-4,6,8,17H,5H2,1-2H3,(H2,14,15,18);3*6-7,13H,4H2,1-3H3;4-5H,3H2,1-2H3;2-3,8-9H,1H2/t6-,8+,10+;2*6-,7?;6-,7-;4-,5+;2-,3+/m011101/s1. The third kappa shape index (κ3) is 18.2. The molecule has 6 aliphatic rings. The van der Waals surface area contributed by atoms with Gasteiger partial charge in [0.05, 0.1) is 50.5 Å². The Labute approximate surface area is 483 Å². The molecule has 0 radical (unpaired) electrons. The lowest BCUT2D eigenvalue weighted by molar-refractivity contribution is -0.192. The van der Waals surface area contributed by atoms with E-state index >= 15 is 0 Å². The molecule has 6 fully saturated rings. The minimum Gasteiger partial charge on any atom is -0.457 e. The topological polar surface area (TPSA) is 351 Å². The van der Waals surface area contributed by atoms with E-state index in [1.54, 1.807) is 48.5 Å². The third-order valence-electron chi connectivity index (χ3n) is 13.8. The number of ketones is 3. The lowest BCUT2D eigenvalue weighted by atomic mass is 9.89. The number of ether oxygens (including phenoxy) is 9. The summed E-state index contributed by atoms with van der Waals surface area (Å²) in [5.74, 6) is -34.5. The number of esters is 2. The molecule has 0 amide bonds. The number of carbonyl (C=O) groups excluding carboxylic acids is 5. The molecule has 6 aliphatic heterocycles. The van der Waals surface area contributed by atoms with Crippen LogP contribution >= 0.6 is 0 Å². The van der Waals surface area contributed by atoms with E-state index in [2.05, 4.69) is 14.5 Å². The van der Waals surface area contributed by atoms with E-state index in [1.165, 1.54) is 26.8 Å². The number of nitrogens with zero attached hydrogens (tertiary/aromatic N) is 2. The van der Waals surface area contributed by atoms with Crippen molar-refractivity contribution in [2.75, 3.05) is 38.8 Å². The van der Waals surface area contributed by atoms with Crippen molar-refractivity contribution in [3.63, 3.8) is 0 Å². The number of carbonyl (C=O) groups is 5. The lowest BCUT2D eigenvalue weighted by Crippen LogP contribution is -2.48. The molecule has 0 bridgehead atoms. The van der Waals surface area contributed by atoms with Gasteiger partial charge in [-0.3, -0.25) is 19.0 Å². The molecule has 24 nitrogen and oxygen atoms in total. The van der Waals surface area contributed by atoms with Crippen molar-refractivity contribution in [1.29, 1.82) is 0 Å². The number of aromatic nitrogens is 2. The Kier molecular flexibility index (Phi) is 25.5. The van der Waals surface area contributed by atoms with E-state index in [4.69, 9.17) is 49.1 Å². The molecule has 0 aromatic carbocycles. The van der Waals surface area contributed by atoms with E-state index in [0.29, 0.717) is 11.0 Å². The van der Waals surface area contributed by atoms with Gasteiger partial charge < -0.3 is 79.0 Å². The number of rotatable bonds is 13. The van der Waals surface area contributed by atoms with Gasteiger partial charge in [-0.05, 0) is 61.0 Å². The van der Waals surface area contributed by atoms with E-state index in [9.17, 15) is 102 Å². The molecule has 0 saturated carbocycles. The normalized spacial score (nSPS) is 31.0. The predicted molar refractivity (Wildman–Crippen MR) is 264 cm³/mol. The monoisotopic (exact) mass is 1280 g/mol. The number of nitrogen functional groups attached to an aromatic ring is 1. The van der Waals surface area contributed by atoms with Crippen LogP contribution in [0.25, 0.3) is 0 Å². The zero-order chi connectivity index (χ0) is 67.3. The Morgan fingerprint density at radius 3 is 1.21 bits per heavy atom. The van der Waals surface area contributed by atoms with Crippen molar-refractivity contribution in [3.05, 3.63) is 22.7 Å². The summed E-state index contributed by atoms with van der Waals surface area (Å²) in [6.45, 7) is 15.3. The largest absolute Gasteiger partial charge is 0.457 e. The second kappa shape index (κ2) is 28.4. The van der Waals surface area contributed by atoms with E-state index in [-0.39, 0.29) is 25.6 Å². The van der Waals surface area contributed by atoms with Gasteiger partial charge in [0.25, 0.3) is 5.92 Å². The van der Waals surface area contributed by atoms with Gasteiger partial charge in [-0.25, -0.2) is 23.2 Å². The molecule has 86 heavy (non-hydrogen) atoms. The predicted octanol–water partition coefficient (Wildman–Crippen LogP) is 3.04. The molecule has 7 heterocycles. The molecule has 0 aliphatic carbocycles. The van der Waals surface area contributed by atoms with Crippen LogP contribution in [0.1, 0.15) is 103 Å². The van der Waals surface area contributed by atoms with Crippen LogP contribution in [0.2, 0.25) is 0 Å². The first-order valence-corrected chi connectivity index (χ1v) is 25.9. The van der Waals surface area contributed by atoms with Crippen molar-refractivity contribution >= 4 is 35.1 Å². The Morgan fingerprint density at radius 1 is 0.651 bits per heavy atom. The maximum absolute atomic E-state index is 14.2. The smallest absolute Gasteiger partial charge is 0.380 e. The number of cyclic esters (lactones) is 2. The molecule has 13 atom stereocenters. The second-order valence-corrected chi connectivity index (χ2v) is 21.8. The summed E-state index contributed by atoms with van der Waals surface area (Å²) in [5.41, 5.74) is 2.97. The highest BCUT2D eigenvalue weighted by Gasteiger charge is 2.64. The molecule has 498 valence electrons. The van der Waals surface area contributed by atoms with Gasteiger partial charge in [-0.15, -0.1) is 0 Å². The van der Waals surface area contributed by atoms with Crippen LogP contribution in [0.15, 0.2) is 17.1 Å². The average Bonchev–Trinajstić information content (AvgIpc) is 1.91. The number of nitrogens with two attached hydrogens (primary N) is 1. The number of hydrogen-bond acceptors (Lipinski definition) is 23. The minimum atomic E-state index is -3.88. The van der Waals surface area contributed by atoms with Crippen molar-refractivity contribution in [2.24, 2.45) is 11.8 Å². The summed E-state index contributed by atoms with van der Waals surface area (Å²) in [6.07, 6.45) is -14.7. The molecular weight excluding hydrogens is 1210 g/mol. The van der Waals surface area contributed by atoms with Gasteiger partial charge in [-0.1, -0.05) is 20.8 Å². The summed E-state index contributed by atoms with van der Waals surface area (Å²) in [6, 6.07) is 1.24. The highest BCUT2D eigenvalue weighted by Crippen LogP contribution is 2.51. The van der Waals surface area contributed by atoms with E-state index in [1.807, 2.05) is 0 Å². The summed E-state index contributed by atoms with van der Waals surface area (Å²) in [4.78, 5) is 67.6. The fourth-order valence-electron chi connectivity index (χ4n) is 7.96. The molecule has 1 aromatic rings. The first-order valence-electron chi connectivity index (χ1n) is 25.9. The third-order valence-corrected chi connectivity index (χ3v) is 13.8. The van der Waals surface area contributed by atoms with Gasteiger partial charge in [0.15, 0.2) is 47.9 Å². The SMILES string of the molecule is CC(=O)C(F)(F)C(O)[C@H]1COC(C)(C)O1.CC(=O)C(F)(F)C(O)[C@H]1COC(C)(C)O1.CC(=O)C(F)(F)[C@H](O)[C@H]1COC(C)(C)O1.CC[C@H]1OC(=O)C(F)(F)[C@H]1C.C[C@@H]1C(F)(F)[C@H](n2ccc(N)nc2=O)O[C@]1(C)CO.O=C1O[C@H](CO)[C@H](O)C1(F)F. The second-order valence-electron chi connectivity index (χ2n) is 21.8. The molecule has 6 saturated heterocycles. The van der Waals surface area contributed by atoms with Crippen molar-refractivity contribution < 1.29 is 150 Å². The molecule has 1 aromatic heterocycles. The minimum absolute atomic E-state index is 0.0551. The van der Waals surface area contributed by atoms with Crippen molar-refractivity contribution in [2.45, 2.75) is 216 Å². The van der Waals surface area contributed by atoms with Crippen LogP contribution in [0.3, 0.4) is 0 Å². The van der Waals surface area contributed by atoms with E-state index < -0.39 is 180 Å². The summed E-state index contributed by atoms with van der Waals surface area (Å²) >= 11 is 0. The van der Waals surface area contributed by atoms with Crippen LogP contribution in [0.5, 0.6) is 0 Å². The van der Waals surface area contributed by atoms with Gasteiger partial charge in [-0.2, -0.15) is 48.9 Å². The van der Waals surface area contributed by atoms with Crippen LogP contribution in [-0.2, 0) is 66.6 Å². The fraction of sp³-hybridized carbons (Fsp3) is 0.820. The highest BCUT2D eigenvalue weighted by molar-refractivity contribution is 5.85. The van der Waals surface area contributed by atoms with Crippen molar-refractivity contribution in [1.82, 2.24) is 9.55 Å². The zero-order valence-electron chi connectivity index (χ0n) is 48.6. The Hall–Kier alpha value is -4.73. The number of Topliss-reactive ketones (excluding diaryl/α,β-unsaturated/α-hetero) is 3. The first kappa shape index (κ1) is 77.4. The Balaban J connectivity index is 0.000000355. The van der Waals surface area contributed by atoms with Gasteiger partial charge in [0.1, 0.15) is 30.2 Å².